The summed E-state index contributed by atoms with van der Waals surface area (Å²) in [5, 5.41) is -1.41. The first-order valence-corrected chi connectivity index (χ1v) is 7.27. The van der Waals surface area contributed by atoms with E-state index in [1.54, 1.807) is 0 Å². The van der Waals surface area contributed by atoms with Gasteiger partial charge < -0.3 is 0 Å². The molecule has 17 heavy (non-hydrogen) atoms. The Bertz CT molecular complexity index is 569. The van der Waals surface area contributed by atoms with Gasteiger partial charge in [-0.25, -0.2) is 17.2 Å². The number of carbonyl (C=O) groups excluding carboxylic acids is 1. The number of carbonyl (C=O) groups is 1. The second kappa shape index (κ2) is 4.81. The number of Topliss-reactive ketones (excluding diaryl/α,β-unsaturated/α-hetero) is 1. The lowest BCUT2D eigenvalue weighted by Crippen LogP contribution is -2.27. The minimum absolute atomic E-state index is 0.126. The van der Waals surface area contributed by atoms with Crippen LogP contribution in [0.5, 0.6) is 0 Å². The minimum atomic E-state index is -3.64. The van der Waals surface area contributed by atoms with Gasteiger partial charge >= 0.3 is 0 Å². The van der Waals surface area contributed by atoms with Gasteiger partial charge in [-0.2, -0.15) is 0 Å². The fourth-order valence-corrected chi connectivity index (χ4v) is 1.96. The van der Waals surface area contributed by atoms with E-state index in [1.165, 1.54) is 0 Å². The predicted octanol–water partition coefficient (Wildman–Crippen LogP) is 2.34. The molecule has 0 radical (unpaired) electrons. The molecule has 94 valence electrons. The van der Waals surface area contributed by atoms with Crippen molar-refractivity contribution in [1.82, 2.24) is 0 Å². The van der Waals surface area contributed by atoms with Crippen molar-refractivity contribution in [1.29, 1.82) is 0 Å². The number of benzene rings is 1. The van der Waals surface area contributed by atoms with Crippen molar-refractivity contribution in [2.45, 2.75) is 12.2 Å². The van der Waals surface area contributed by atoms with Crippen LogP contribution in [0.4, 0.5) is 8.78 Å². The number of sulfone groups is 1. The molecule has 0 aromatic heterocycles. The summed E-state index contributed by atoms with van der Waals surface area (Å²) in [6, 6.07) is 1.47. The zero-order chi connectivity index (χ0) is 13.4. The topological polar surface area (TPSA) is 51.2 Å². The molecule has 0 amide bonds. The molecule has 1 aromatic carbocycles. The van der Waals surface area contributed by atoms with Crippen LogP contribution >= 0.6 is 15.9 Å². The average Bonchev–Trinajstić information content (AvgIpc) is 2.20. The van der Waals surface area contributed by atoms with Crippen LogP contribution in [0.25, 0.3) is 0 Å². The summed E-state index contributed by atoms with van der Waals surface area (Å²) in [4.78, 5) is 11.7. The zero-order valence-corrected chi connectivity index (χ0v) is 11.4. The van der Waals surface area contributed by atoms with E-state index in [0.29, 0.717) is 6.07 Å². The monoisotopic (exact) mass is 326 g/mol. The number of halogens is 3. The highest BCUT2D eigenvalue weighted by atomic mass is 79.9. The van der Waals surface area contributed by atoms with Crippen LogP contribution in [0.1, 0.15) is 17.3 Å². The molecule has 1 atom stereocenters. The summed E-state index contributed by atoms with van der Waals surface area (Å²) in [5.41, 5.74) is -0.566. The molecule has 0 fully saturated rings. The third-order valence-corrected chi connectivity index (χ3v) is 4.39. The normalized spacial score (nSPS) is 13.5. The van der Waals surface area contributed by atoms with Gasteiger partial charge in [0.1, 0.15) is 16.9 Å². The second-order valence-corrected chi connectivity index (χ2v) is 6.80. The summed E-state index contributed by atoms with van der Waals surface area (Å²) < 4.78 is 48.8. The highest BCUT2D eigenvalue weighted by Gasteiger charge is 2.27. The van der Waals surface area contributed by atoms with Crippen LogP contribution in [0.2, 0.25) is 0 Å². The fraction of sp³-hybridized carbons (Fsp3) is 0.300. The number of ketones is 1. The van der Waals surface area contributed by atoms with Crippen LogP contribution in [0.3, 0.4) is 0 Å². The third-order valence-electron chi connectivity index (χ3n) is 2.29. The highest BCUT2D eigenvalue weighted by molar-refractivity contribution is 9.10. The van der Waals surface area contributed by atoms with Crippen molar-refractivity contribution in [2.24, 2.45) is 0 Å². The first-order chi connectivity index (χ1) is 7.64. The van der Waals surface area contributed by atoms with Gasteiger partial charge in [0.2, 0.25) is 0 Å². The summed E-state index contributed by atoms with van der Waals surface area (Å²) in [6.07, 6.45) is 0.864. The quantitative estimate of drug-likeness (QED) is 0.632. The maximum Gasteiger partial charge on any atom is 0.183 e. The SMILES string of the molecule is CC(C(=O)c1cc(F)c(Br)cc1F)S(C)(=O)=O. The molecule has 7 heteroatoms. The molecule has 0 bridgehead atoms. The van der Waals surface area contributed by atoms with Gasteiger partial charge in [-0.15, -0.1) is 0 Å². The Kier molecular flexibility index (Phi) is 4.03. The number of hydrogen-bond acceptors (Lipinski definition) is 3. The fourth-order valence-electron chi connectivity index (χ4n) is 1.12. The Labute approximate surface area is 106 Å². The number of hydrogen-bond donors (Lipinski definition) is 0. The average molecular weight is 327 g/mol. The standard InChI is InChI=1S/C10H9BrF2O3S/c1-5(17(2,15)16)10(14)6-3-9(13)7(11)4-8(6)12/h3-5H,1-2H3. The Morgan fingerprint density at radius 3 is 2.29 bits per heavy atom. The largest absolute Gasteiger partial charge is 0.293 e. The molecule has 1 unspecified atom stereocenters. The Balaban J connectivity index is 3.27. The van der Waals surface area contributed by atoms with Crippen molar-refractivity contribution >= 4 is 31.6 Å². The Morgan fingerprint density at radius 2 is 1.82 bits per heavy atom. The number of rotatable bonds is 3. The maximum absolute atomic E-state index is 13.4. The Morgan fingerprint density at radius 1 is 1.29 bits per heavy atom. The van der Waals surface area contributed by atoms with Crippen molar-refractivity contribution < 1.29 is 22.0 Å². The first kappa shape index (κ1) is 14.2. The van der Waals surface area contributed by atoms with Crippen LogP contribution in [-0.4, -0.2) is 25.7 Å². The second-order valence-electron chi connectivity index (χ2n) is 3.58. The molecular formula is C10H9BrF2O3S. The van der Waals surface area contributed by atoms with Crippen LogP contribution in [-0.2, 0) is 9.84 Å². The lowest BCUT2D eigenvalue weighted by atomic mass is 10.1. The van der Waals surface area contributed by atoms with Gasteiger partial charge in [0, 0.05) is 6.26 Å². The van der Waals surface area contributed by atoms with Crippen molar-refractivity contribution in [2.75, 3.05) is 6.26 Å². The van der Waals surface area contributed by atoms with Gasteiger partial charge in [0.15, 0.2) is 15.6 Å². The lowest BCUT2D eigenvalue weighted by molar-refractivity contribution is 0.0987. The van der Waals surface area contributed by atoms with Crippen molar-refractivity contribution in [3.8, 4) is 0 Å². The summed E-state index contributed by atoms with van der Waals surface area (Å²) in [5.74, 6) is -2.74. The molecule has 0 N–H and O–H groups in total. The van der Waals surface area contributed by atoms with E-state index >= 15 is 0 Å². The van der Waals surface area contributed by atoms with E-state index in [4.69, 9.17) is 0 Å². The van der Waals surface area contributed by atoms with E-state index in [-0.39, 0.29) is 4.47 Å². The molecule has 0 saturated carbocycles. The van der Waals surface area contributed by atoms with Gasteiger partial charge in [0.05, 0.1) is 10.0 Å². The van der Waals surface area contributed by atoms with E-state index in [1.807, 2.05) is 0 Å². The Hall–Kier alpha value is -0.820. The van der Waals surface area contributed by atoms with Gasteiger partial charge in [-0.1, -0.05) is 0 Å². The third kappa shape index (κ3) is 3.10. The molecular weight excluding hydrogens is 318 g/mol. The van der Waals surface area contributed by atoms with Crippen LogP contribution < -0.4 is 0 Å². The minimum Gasteiger partial charge on any atom is -0.293 e. The highest BCUT2D eigenvalue weighted by Crippen LogP contribution is 2.21. The predicted molar refractivity (Wildman–Crippen MR) is 62.7 cm³/mol. The molecule has 3 nitrogen and oxygen atoms in total. The first-order valence-electron chi connectivity index (χ1n) is 4.52. The van der Waals surface area contributed by atoms with Gasteiger partial charge in [0.25, 0.3) is 0 Å². The summed E-state index contributed by atoms with van der Waals surface area (Å²) in [6.45, 7) is 1.14. The summed E-state index contributed by atoms with van der Waals surface area (Å²) in [7, 11) is -3.64. The van der Waals surface area contributed by atoms with Crippen molar-refractivity contribution in [3.05, 3.63) is 33.8 Å². The smallest absolute Gasteiger partial charge is 0.183 e. The molecule has 0 heterocycles. The van der Waals surface area contributed by atoms with E-state index in [0.717, 1.165) is 19.2 Å². The lowest BCUT2D eigenvalue weighted by Gasteiger charge is -2.09. The molecule has 0 spiro atoms. The van der Waals surface area contributed by atoms with Gasteiger partial charge in [-0.3, -0.25) is 4.79 Å². The molecule has 1 aromatic rings. The molecule has 0 aliphatic carbocycles. The van der Waals surface area contributed by atoms with Crippen LogP contribution in [0, 0.1) is 11.6 Å². The molecule has 1 rings (SSSR count). The van der Waals surface area contributed by atoms with Gasteiger partial charge in [-0.05, 0) is 35.0 Å². The summed E-state index contributed by atoms with van der Waals surface area (Å²) >= 11 is 2.76. The zero-order valence-electron chi connectivity index (χ0n) is 9.00. The van der Waals surface area contributed by atoms with E-state index in [9.17, 15) is 22.0 Å². The van der Waals surface area contributed by atoms with E-state index < -0.39 is 38.1 Å². The maximum atomic E-state index is 13.4. The molecule has 0 aliphatic rings. The van der Waals surface area contributed by atoms with E-state index in [2.05, 4.69) is 15.9 Å². The molecule has 0 saturated heterocycles. The molecule has 0 aliphatic heterocycles. The van der Waals surface area contributed by atoms with Crippen molar-refractivity contribution in [3.63, 3.8) is 0 Å². The van der Waals surface area contributed by atoms with Crippen LogP contribution in [0.15, 0.2) is 16.6 Å².